The summed E-state index contributed by atoms with van der Waals surface area (Å²) in [6, 6.07) is 1.93. The Morgan fingerprint density at radius 1 is 1.43 bits per heavy atom. The van der Waals surface area contributed by atoms with Crippen LogP contribution in [0.1, 0.15) is 33.1 Å². The van der Waals surface area contributed by atoms with Gasteiger partial charge in [0.15, 0.2) is 5.57 Å². The van der Waals surface area contributed by atoms with Gasteiger partial charge >= 0.3 is 5.97 Å². The molecule has 1 aliphatic rings. The number of hydrogen-bond acceptors (Lipinski definition) is 6. The third kappa shape index (κ3) is 6.15. The van der Waals surface area contributed by atoms with E-state index in [-0.39, 0.29) is 18.3 Å². The number of carbonyl (C=O) groups excluding carboxylic acids is 1. The molecular weight excluding hydrogens is 272 g/mol. The SMILES string of the molecule is CCOCCOC(=O)/C(C#N)=C(/CC)NCC1CCCO1. The number of carbonyl (C=O) groups is 1. The van der Waals surface area contributed by atoms with Crippen molar-refractivity contribution in [1.82, 2.24) is 5.32 Å². The van der Waals surface area contributed by atoms with Crippen molar-refractivity contribution in [3.63, 3.8) is 0 Å². The van der Waals surface area contributed by atoms with Crippen molar-refractivity contribution < 1.29 is 19.0 Å². The lowest BCUT2D eigenvalue weighted by atomic mass is 10.1. The average Bonchev–Trinajstić information content (AvgIpc) is 3.01. The third-order valence-electron chi connectivity index (χ3n) is 3.20. The molecule has 1 heterocycles. The van der Waals surface area contributed by atoms with E-state index in [9.17, 15) is 10.1 Å². The molecule has 1 atom stereocenters. The summed E-state index contributed by atoms with van der Waals surface area (Å²) < 4.78 is 15.6. The number of rotatable bonds is 9. The van der Waals surface area contributed by atoms with Gasteiger partial charge in [-0.15, -0.1) is 0 Å². The minimum absolute atomic E-state index is 0.0343. The van der Waals surface area contributed by atoms with Crippen molar-refractivity contribution in [2.24, 2.45) is 0 Å². The molecule has 6 nitrogen and oxygen atoms in total. The van der Waals surface area contributed by atoms with Crippen LogP contribution in [0.4, 0.5) is 0 Å². The number of allylic oxidation sites excluding steroid dienone is 1. The first-order valence-corrected chi connectivity index (χ1v) is 7.46. The standard InChI is InChI=1S/C15H24N2O4/c1-3-14(17-11-12-6-5-7-20-12)13(10-16)15(18)21-9-8-19-4-2/h12,17H,3-9,11H2,1-2H3/b14-13-. The predicted molar refractivity (Wildman–Crippen MR) is 77.4 cm³/mol. The number of nitrogens with zero attached hydrogens (tertiary/aromatic N) is 1. The Morgan fingerprint density at radius 3 is 2.81 bits per heavy atom. The van der Waals surface area contributed by atoms with E-state index in [1.807, 2.05) is 19.9 Å². The van der Waals surface area contributed by atoms with Crippen molar-refractivity contribution in [2.75, 3.05) is 33.0 Å². The van der Waals surface area contributed by atoms with Gasteiger partial charge in [0.05, 0.1) is 12.7 Å². The van der Waals surface area contributed by atoms with E-state index >= 15 is 0 Å². The molecular formula is C15H24N2O4. The summed E-state index contributed by atoms with van der Waals surface area (Å²) in [5, 5.41) is 12.3. The lowest BCUT2D eigenvalue weighted by Gasteiger charge is -2.15. The van der Waals surface area contributed by atoms with Crippen molar-refractivity contribution in [1.29, 1.82) is 5.26 Å². The minimum Gasteiger partial charge on any atom is -0.459 e. The van der Waals surface area contributed by atoms with Crippen LogP contribution in [0.15, 0.2) is 11.3 Å². The van der Waals surface area contributed by atoms with Crippen LogP contribution < -0.4 is 5.32 Å². The predicted octanol–water partition coefficient (Wildman–Crippen LogP) is 1.52. The molecule has 0 aliphatic carbocycles. The largest absolute Gasteiger partial charge is 0.459 e. The van der Waals surface area contributed by atoms with Crippen LogP contribution in [0.2, 0.25) is 0 Å². The molecule has 0 saturated carbocycles. The zero-order chi connectivity index (χ0) is 15.5. The summed E-state index contributed by atoms with van der Waals surface area (Å²) in [5.41, 5.74) is 0.640. The van der Waals surface area contributed by atoms with E-state index < -0.39 is 5.97 Å². The quantitative estimate of drug-likeness (QED) is 0.301. The van der Waals surface area contributed by atoms with Gasteiger partial charge in [0.2, 0.25) is 0 Å². The van der Waals surface area contributed by atoms with E-state index in [4.69, 9.17) is 14.2 Å². The van der Waals surface area contributed by atoms with Crippen molar-refractivity contribution in [3.8, 4) is 6.07 Å². The minimum atomic E-state index is -0.603. The van der Waals surface area contributed by atoms with Crippen molar-refractivity contribution in [3.05, 3.63) is 11.3 Å². The molecule has 0 amide bonds. The maximum Gasteiger partial charge on any atom is 0.350 e. The monoisotopic (exact) mass is 296 g/mol. The first-order chi connectivity index (χ1) is 10.2. The molecule has 21 heavy (non-hydrogen) atoms. The van der Waals surface area contributed by atoms with Gasteiger partial charge in [0.1, 0.15) is 12.7 Å². The Labute approximate surface area is 126 Å². The zero-order valence-corrected chi connectivity index (χ0v) is 12.8. The summed E-state index contributed by atoms with van der Waals surface area (Å²) in [7, 11) is 0. The molecule has 1 saturated heterocycles. The number of nitrogens with one attached hydrogen (secondary N) is 1. The molecule has 0 radical (unpaired) electrons. The van der Waals surface area contributed by atoms with Crippen molar-refractivity contribution in [2.45, 2.75) is 39.2 Å². The van der Waals surface area contributed by atoms with E-state index in [1.54, 1.807) is 0 Å². The smallest absolute Gasteiger partial charge is 0.350 e. The fourth-order valence-electron chi connectivity index (χ4n) is 2.08. The molecule has 118 valence electrons. The fraction of sp³-hybridized carbons (Fsp3) is 0.733. The molecule has 0 aromatic carbocycles. The van der Waals surface area contributed by atoms with E-state index in [0.29, 0.717) is 31.9 Å². The van der Waals surface area contributed by atoms with Crippen LogP contribution in [0.25, 0.3) is 0 Å². The summed E-state index contributed by atoms with van der Waals surface area (Å²) in [6.45, 7) is 6.21. The van der Waals surface area contributed by atoms with Crippen LogP contribution in [0, 0.1) is 11.3 Å². The molecule has 1 N–H and O–H groups in total. The second kappa shape index (κ2) is 10.2. The molecule has 0 aromatic heterocycles. The Hall–Kier alpha value is -1.58. The van der Waals surface area contributed by atoms with Gasteiger partial charge in [-0.3, -0.25) is 0 Å². The van der Waals surface area contributed by atoms with Crippen LogP contribution in [-0.2, 0) is 19.0 Å². The van der Waals surface area contributed by atoms with Crippen LogP contribution in [0.5, 0.6) is 0 Å². The number of nitriles is 1. The lowest BCUT2D eigenvalue weighted by Crippen LogP contribution is -2.28. The van der Waals surface area contributed by atoms with Gasteiger partial charge in [-0.1, -0.05) is 6.92 Å². The van der Waals surface area contributed by atoms with Gasteiger partial charge < -0.3 is 19.5 Å². The maximum atomic E-state index is 11.9. The molecule has 6 heteroatoms. The van der Waals surface area contributed by atoms with Crippen molar-refractivity contribution >= 4 is 5.97 Å². The van der Waals surface area contributed by atoms with Gasteiger partial charge in [-0.25, -0.2) is 4.79 Å². The Bertz CT molecular complexity index is 395. The van der Waals surface area contributed by atoms with Gasteiger partial charge in [-0.2, -0.15) is 5.26 Å². The topological polar surface area (TPSA) is 80.6 Å². The molecule has 0 aromatic rings. The molecule has 0 spiro atoms. The van der Waals surface area contributed by atoms with Gasteiger partial charge in [0.25, 0.3) is 0 Å². The number of hydrogen-bond donors (Lipinski definition) is 1. The molecule has 1 aliphatic heterocycles. The summed E-state index contributed by atoms with van der Waals surface area (Å²) in [4.78, 5) is 11.9. The Morgan fingerprint density at radius 2 is 2.24 bits per heavy atom. The Kier molecular flexibility index (Phi) is 8.48. The second-order valence-corrected chi connectivity index (χ2v) is 4.67. The molecule has 0 bridgehead atoms. The average molecular weight is 296 g/mol. The van der Waals surface area contributed by atoms with Gasteiger partial charge in [0, 0.05) is 25.5 Å². The van der Waals surface area contributed by atoms with E-state index in [1.165, 1.54) is 0 Å². The number of esters is 1. The lowest BCUT2D eigenvalue weighted by molar-refractivity contribution is -0.140. The molecule has 1 rings (SSSR count). The highest BCUT2D eigenvalue weighted by atomic mass is 16.6. The summed E-state index contributed by atoms with van der Waals surface area (Å²) in [5.74, 6) is -0.603. The Balaban J connectivity index is 2.53. The maximum absolute atomic E-state index is 11.9. The summed E-state index contributed by atoms with van der Waals surface area (Å²) in [6.07, 6.45) is 2.78. The highest BCUT2D eigenvalue weighted by Crippen LogP contribution is 2.13. The normalized spacial score (nSPS) is 18.8. The highest BCUT2D eigenvalue weighted by molar-refractivity contribution is 5.93. The molecule has 1 fully saturated rings. The second-order valence-electron chi connectivity index (χ2n) is 4.67. The van der Waals surface area contributed by atoms with Crippen LogP contribution in [0.3, 0.4) is 0 Å². The first-order valence-electron chi connectivity index (χ1n) is 7.46. The van der Waals surface area contributed by atoms with Crippen LogP contribution >= 0.6 is 0 Å². The molecule has 1 unspecified atom stereocenters. The number of ether oxygens (including phenoxy) is 3. The van der Waals surface area contributed by atoms with E-state index in [2.05, 4.69) is 5.32 Å². The first kappa shape index (κ1) is 17.5. The van der Waals surface area contributed by atoms with Gasteiger partial charge in [-0.05, 0) is 26.2 Å². The summed E-state index contributed by atoms with van der Waals surface area (Å²) >= 11 is 0. The zero-order valence-electron chi connectivity index (χ0n) is 12.8. The van der Waals surface area contributed by atoms with E-state index in [0.717, 1.165) is 19.4 Å². The highest BCUT2D eigenvalue weighted by Gasteiger charge is 2.19. The third-order valence-corrected chi connectivity index (χ3v) is 3.20. The van der Waals surface area contributed by atoms with Crippen LogP contribution in [-0.4, -0.2) is 45.0 Å². The fourth-order valence-corrected chi connectivity index (χ4v) is 2.08.